The van der Waals surface area contributed by atoms with E-state index >= 15 is 0 Å². The molecule has 0 saturated carbocycles. The number of hydrogen-bond acceptors (Lipinski definition) is 2. The number of ether oxygens (including phenoxy) is 1. The molecule has 124 valence electrons. The number of benzene rings is 1. The van der Waals surface area contributed by atoms with Crippen LogP contribution >= 0.6 is 0 Å². The van der Waals surface area contributed by atoms with Crippen molar-refractivity contribution in [3.8, 4) is 0 Å². The van der Waals surface area contributed by atoms with Crippen LogP contribution in [-0.2, 0) is 4.74 Å². The average molecular weight is 304 g/mol. The van der Waals surface area contributed by atoms with Crippen molar-refractivity contribution in [2.24, 2.45) is 0 Å². The van der Waals surface area contributed by atoms with Gasteiger partial charge < -0.3 is 9.84 Å². The van der Waals surface area contributed by atoms with Crippen LogP contribution in [0.5, 0.6) is 0 Å². The first-order valence-electron chi connectivity index (χ1n) is 8.47. The molecule has 0 bridgehead atoms. The van der Waals surface area contributed by atoms with E-state index in [2.05, 4.69) is 50.3 Å². The minimum Gasteiger partial charge on any atom is -0.366 e. The zero-order valence-corrected chi connectivity index (χ0v) is 14.8. The molecule has 1 aromatic carbocycles. The lowest BCUT2D eigenvalue weighted by molar-refractivity contribution is -0.214. The van der Waals surface area contributed by atoms with Crippen LogP contribution in [-0.4, -0.2) is 17.0 Å². The summed E-state index contributed by atoms with van der Waals surface area (Å²) in [7, 11) is 0. The van der Waals surface area contributed by atoms with Crippen LogP contribution in [0.1, 0.15) is 77.3 Å². The fraction of sp³-hybridized carbons (Fsp3) is 0.600. The Morgan fingerprint density at radius 1 is 1.18 bits per heavy atom. The maximum Gasteiger partial charge on any atom is 0.162 e. The number of hydrogen-bond donors (Lipinski definition) is 1. The second-order valence-corrected chi connectivity index (χ2v) is 6.81. The van der Waals surface area contributed by atoms with Crippen molar-refractivity contribution in [1.29, 1.82) is 0 Å². The van der Waals surface area contributed by atoms with Crippen molar-refractivity contribution in [2.75, 3.05) is 0 Å². The highest BCUT2D eigenvalue weighted by atomic mass is 16.6. The van der Waals surface area contributed by atoms with E-state index in [0.29, 0.717) is 12.3 Å². The molecule has 2 heteroatoms. The monoisotopic (exact) mass is 304 g/mol. The van der Waals surface area contributed by atoms with Gasteiger partial charge in [0.25, 0.3) is 0 Å². The van der Waals surface area contributed by atoms with Crippen LogP contribution in [0.25, 0.3) is 6.08 Å². The van der Waals surface area contributed by atoms with Crippen molar-refractivity contribution in [3.05, 3.63) is 41.5 Å². The third kappa shape index (κ3) is 7.77. The highest BCUT2D eigenvalue weighted by molar-refractivity contribution is 5.50. The summed E-state index contributed by atoms with van der Waals surface area (Å²) in [5.74, 6) is -0.430. The van der Waals surface area contributed by atoms with E-state index in [0.717, 1.165) is 19.3 Å². The Labute approximate surface area is 136 Å². The van der Waals surface area contributed by atoms with Crippen molar-refractivity contribution >= 4 is 6.08 Å². The van der Waals surface area contributed by atoms with Crippen molar-refractivity contribution < 1.29 is 9.84 Å². The van der Waals surface area contributed by atoms with E-state index in [9.17, 15) is 5.11 Å². The second-order valence-electron chi connectivity index (χ2n) is 6.81. The fourth-order valence-electron chi connectivity index (χ4n) is 2.52. The molecule has 1 aromatic rings. The molecule has 0 aliphatic rings. The summed E-state index contributed by atoms with van der Waals surface area (Å²) in [5, 5.41) is 10.1. The Kier molecular flexibility index (Phi) is 7.84. The molecule has 0 aliphatic carbocycles. The minimum absolute atomic E-state index is 0.0585. The Balaban J connectivity index is 2.31. The molecule has 0 spiro atoms. The number of aliphatic hydroxyl groups is 1. The lowest BCUT2D eigenvalue weighted by Crippen LogP contribution is -2.31. The zero-order chi connectivity index (χ0) is 16.6. The topological polar surface area (TPSA) is 29.5 Å². The molecule has 0 unspecified atom stereocenters. The summed E-state index contributed by atoms with van der Waals surface area (Å²) < 4.78 is 5.49. The summed E-state index contributed by atoms with van der Waals surface area (Å²) in [5.41, 5.74) is 2.64. The third-order valence-electron chi connectivity index (χ3n) is 3.64. The van der Waals surface area contributed by atoms with E-state index in [4.69, 9.17) is 4.74 Å². The molecule has 22 heavy (non-hydrogen) atoms. The van der Waals surface area contributed by atoms with Crippen LogP contribution in [0.3, 0.4) is 0 Å². The van der Waals surface area contributed by atoms with E-state index in [-0.39, 0.29) is 6.10 Å². The molecule has 1 atom stereocenters. The number of rotatable bonds is 9. The molecule has 0 fully saturated rings. The molecular weight excluding hydrogens is 272 g/mol. The molecule has 0 saturated heterocycles. The lowest BCUT2D eigenvalue weighted by atomic mass is 10.0. The van der Waals surface area contributed by atoms with E-state index in [1.165, 1.54) is 11.1 Å². The van der Waals surface area contributed by atoms with Crippen LogP contribution in [0, 0.1) is 0 Å². The Morgan fingerprint density at radius 3 is 2.55 bits per heavy atom. The molecule has 0 aliphatic heterocycles. The molecule has 0 aromatic heterocycles. The van der Waals surface area contributed by atoms with Gasteiger partial charge in [0.1, 0.15) is 0 Å². The van der Waals surface area contributed by atoms with E-state index in [1.807, 2.05) is 13.8 Å². The Hall–Kier alpha value is -1.12. The maximum atomic E-state index is 10.1. The van der Waals surface area contributed by atoms with Crippen LogP contribution in [0.15, 0.2) is 30.3 Å². The highest BCUT2D eigenvalue weighted by Crippen LogP contribution is 2.19. The lowest BCUT2D eigenvalue weighted by Gasteiger charge is -2.26. The predicted octanol–water partition coefficient (Wildman–Crippen LogP) is 5.52. The van der Waals surface area contributed by atoms with Gasteiger partial charge in [0, 0.05) is 6.42 Å². The van der Waals surface area contributed by atoms with Gasteiger partial charge in [-0.15, -0.1) is 0 Å². The smallest absolute Gasteiger partial charge is 0.162 e. The standard InChI is InChI=1S/C20H32O2/c1-16(2)19-13-10-12-18(15-19)11-8-6-7-9-14-20(5,21)22-17(3)4/h8,10-13,15-17,21H,6-7,9,14H2,1-5H3/b11-8+/t20-/m1/s1. The molecule has 0 amide bonds. The summed E-state index contributed by atoms with van der Waals surface area (Å²) in [6, 6.07) is 8.69. The van der Waals surface area contributed by atoms with Gasteiger partial charge in [-0.2, -0.15) is 0 Å². The molecular formula is C20H32O2. The van der Waals surface area contributed by atoms with Crippen molar-refractivity contribution in [3.63, 3.8) is 0 Å². The van der Waals surface area contributed by atoms with Crippen LogP contribution < -0.4 is 0 Å². The fourth-order valence-corrected chi connectivity index (χ4v) is 2.52. The van der Waals surface area contributed by atoms with Gasteiger partial charge in [-0.1, -0.05) is 50.3 Å². The molecule has 1 N–H and O–H groups in total. The minimum atomic E-state index is -0.997. The first-order valence-corrected chi connectivity index (χ1v) is 8.47. The van der Waals surface area contributed by atoms with Gasteiger partial charge in [0.15, 0.2) is 5.79 Å². The summed E-state index contributed by atoms with van der Waals surface area (Å²) in [6.07, 6.45) is 8.22. The Bertz CT molecular complexity index is 459. The van der Waals surface area contributed by atoms with Gasteiger partial charge >= 0.3 is 0 Å². The first-order chi connectivity index (χ1) is 10.3. The second kappa shape index (κ2) is 9.12. The van der Waals surface area contributed by atoms with Gasteiger partial charge in [-0.05, 0) is 57.1 Å². The van der Waals surface area contributed by atoms with E-state index < -0.39 is 5.79 Å². The first kappa shape index (κ1) is 18.9. The zero-order valence-electron chi connectivity index (χ0n) is 14.8. The third-order valence-corrected chi connectivity index (χ3v) is 3.64. The highest BCUT2D eigenvalue weighted by Gasteiger charge is 2.21. The summed E-state index contributed by atoms with van der Waals surface area (Å²) in [6.45, 7) is 10.1. The summed E-state index contributed by atoms with van der Waals surface area (Å²) >= 11 is 0. The molecule has 2 nitrogen and oxygen atoms in total. The molecule has 0 radical (unpaired) electrons. The average Bonchev–Trinajstić information content (AvgIpc) is 2.41. The normalized spacial score (nSPS) is 14.9. The van der Waals surface area contributed by atoms with Crippen molar-refractivity contribution in [2.45, 2.75) is 78.1 Å². The largest absolute Gasteiger partial charge is 0.366 e. The molecule has 0 heterocycles. The van der Waals surface area contributed by atoms with Gasteiger partial charge in [0.2, 0.25) is 0 Å². The van der Waals surface area contributed by atoms with E-state index in [1.54, 1.807) is 6.92 Å². The number of allylic oxidation sites excluding steroid dienone is 1. The quantitative estimate of drug-likeness (QED) is 0.481. The van der Waals surface area contributed by atoms with Crippen molar-refractivity contribution in [1.82, 2.24) is 0 Å². The van der Waals surface area contributed by atoms with Gasteiger partial charge in [-0.25, -0.2) is 0 Å². The predicted molar refractivity (Wildman–Crippen MR) is 94.9 cm³/mol. The summed E-state index contributed by atoms with van der Waals surface area (Å²) in [4.78, 5) is 0. The van der Waals surface area contributed by atoms with Crippen LogP contribution in [0.4, 0.5) is 0 Å². The maximum absolute atomic E-state index is 10.1. The molecule has 1 rings (SSSR count). The van der Waals surface area contributed by atoms with Gasteiger partial charge in [-0.3, -0.25) is 0 Å². The van der Waals surface area contributed by atoms with Crippen LogP contribution in [0.2, 0.25) is 0 Å². The van der Waals surface area contributed by atoms with Gasteiger partial charge in [0.05, 0.1) is 6.10 Å². The Morgan fingerprint density at radius 2 is 1.91 bits per heavy atom. The number of unbranched alkanes of at least 4 members (excludes halogenated alkanes) is 2. The SMILES string of the molecule is CC(C)O[C@@](C)(O)CCCC/C=C/c1cccc(C(C)C)c1.